The zero-order chi connectivity index (χ0) is 20.3. The van der Waals surface area contributed by atoms with Crippen LogP contribution in [0.2, 0.25) is 0 Å². The van der Waals surface area contributed by atoms with E-state index in [9.17, 15) is 0 Å². The third kappa shape index (κ3) is 3.85. The number of benzene rings is 1. The summed E-state index contributed by atoms with van der Waals surface area (Å²) in [5.74, 6) is 2.76. The Bertz CT molecular complexity index is 1120. The van der Waals surface area contributed by atoms with Crippen LogP contribution in [-0.4, -0.2) is 46.1 Å². The van der Waals surface area contributed by atoms with Gasteiger partial charge in [-0.1, -0.05) is 37.3 Å². The van der Waals surface area contributed by atoms with Gasteiger partial charge in [0, 0.05) is 49.9 Å². The molecule has 4 heterocycles. The standard InChI is InChI=1S/C23H24N6S/c1-2-18-16-19-21(28-11-13-29(14-12-28)23-24-9-6-10-25-23)26-20(27-22(19)30-18)15-17-7-4-3-5-8-17/h3-10,16H,2,11-15H2,1H3. The first-order valence-electron chi connectivity index (χ1n) is 10.4. The van der Waals surface area contributed by atoms with Crippen LogP contribution in [0, 0.1) is 0 Å². The Kier molecular flexibility index (Phi) is 5.27. The first-order chi connectivity index (χ1) is 14.8. The van der Waals surface area contributed by atoms with E-state index >= 15 is 0 Å². The van der Waals surface area contributed by atoms with Gasteiger partial charge < -0.3 is 9.80 Å². The van der Waals surface area contributed by atoms with Crippen LogP contribution in [0.1, 0.15) is 23.2 Å². The van der Waals surface area contributed by atoms with Crippen molar-refractivity contribution < 1.29 is 0 Å². The molecule has 0 saturated carbocycles. The van der Waals surface area contributed by atoms with E-state index in [1.54, 1.807) is 23.7 Å². The average Bonchev–Trinajstić information content (AvgIpc) is 3.23. The highest BCUT2D eigenvalue weighted by atomic mass is 32.1. The molecule has 3 aromatic heterocycles. The predicted octanol–water partition coefficient (Wildman–Crippen LogP) is 3.96. The maximum absolute atomic E-state index is 5.04. The summed E-state index contributed by atoms with van der Waals surface area (Å²) >= 11 is 1.79. The Morgan fingerprint density at radius 3 is 2.37 bits per heavy atom. The molecule has 1 saturated heterocycles. The molecule has 1 aliphatic rings. The van der Waals surface area contributed by atoms with Gasteiger partial charge in [-0.05, 0) is 24.1 Å². The van der Waals surface area contributed by atoms with Crippen molar-refractivity contribution in [3.63, 3.8) is 0 Å². The van der Waals surface area contributed by atoms with Crippen LogP contribution < -0.4 is 9.80 Å². The third-order valence-corrected chi connectivity index (χ3v) is 6.61. The summed E-state index contributed by atoms with van der Waals surface area (Å²) in [4.78, 5) is 25.8. The van der Waals surface area contributed by atoms with Gasteiger partial charge in [-0.2, -0.15) is 0 Å². The first kappa shape index (κ1) is 18.9. The van der Waals surface area contributed by atoms with Gasteiger partial charge in [0.15, 0.2) is 0 Å². The molecule has 6 nitrogen and oxygen atoms in total. The van der Waals surface area contributed by atoms with Crippen molar-refractivity contribution in [3.05, 3.63) is 71.1 Å². The van der Waals surface area contributed by atoms with Gasteiger partial charge in [0.25, 0.3) is 0 Å². The topological polar surface area (TPSA) is 58.0 Å². The second-order valence-electron chi connectivity index (χ2n) is 7.43. The molecular formula is C23H24N6S. The number of fused-ring (bicyclic) bond motifs is 1. The molecule has 1 aromatic carbocycles. The molecule has 0 spiro atoms. The second kappa shape index (κ2) is 8.36. The fourth-order valence-electron chi connectivity index (χ4n) is 3.84. The molecule has 1 fully saturated rings. The lowest BCUT2D eigenvalue weighted by Gasteiger charge is -2.35. The van der Waals surface area contributed by atoms with Crippen molar-refractivity contribution in [3.8, 4) is 0 Å². The molecular weight excluding hydrogens is 392 g/mol. The summed E-state index contributed by atoms with van der Waals surface area (Å²) in [6.45, 7) is 5.75. The van der Waals surface area contributed by atoms with E-state index in [0.29, 0.717) is 0 Å². The van der Waals surface area contributed by atoms with E-state index in [-0.39, 0.29) is 0 Å². The number of hydrogen-bond donors (Lipinski definition) is 0. The number of anilines is 2. The largest absolute Gasteiger partial charge is 0.352 e. The van der Waals surface area contributed by atoms with E-state index in [4.69, 9.17) is 9.97 Å². The molecule has 0 aliphatic carbocycles. The van der Waals surface area contributed by atoms with Crippen LogP contribution in [0.4, 0.5) is 11.8 Å². The fourth-order valence-corrected chi connectivity index (χ4v) is 4.83. The fraction of sp³-hybridized carbons (Fsp3) is 0.304. The molecule has 30 heavy (non-hydrogen) atoms. The van der Waals surface area contributed by atoms with Gasteiger partial charge in [-0.3, -0.25) is 0 Å². The number of thiophene rings is 1. The smallest absolute Gasteiger partial charge is 0.225 e. The van der Waals surface area contributed by atoms with Gasteiger partial charge in [0.05, 0.1) is 5.39 Å². The van der Waals surface area contributed by atoms with Crippen LogP contribution in [0.25, 0.3) is 10.2 Å². The summed E-state index contributed by atoms with van der Waals surface area (Å²) in [5, 5.41) is 1.18. The molecule has 4 aromatic rings. The van der Waals surface area contributed by atoms with E-state index < -0.39 is 0 Å². The SMILES string of the molecule is CCc1cc2c(N3CCN(c4ncccn4)CC3)nc(Cc3ccccc3)nc2s1. The molecule has 0 N–H and O–H groups in total. The van der Waals surface area contributed by atoms with E-state index in [1.165, 1.54) is 15.8 Å². The van der Waals surface area contributed by atoms with Crippen molar-refractivity contribution in [2.24, 2.45) is 0 Å². The molecule has 0 atom stereocenters. The lowest BCUT2D eigenvalue weighted by Crippen LogP contribution is -2.47. The summed E-state index contributed by atoms with van der Waals surface area (Å²) in [7, 11) is 0. The first-order valence-corrected chi connectivity index (χ1v) is 11.2. The van der Waals surface area contributed by atoms with Gasteiger partial charge in [-0.25, -0.2) is 19.9 Å². The van der Waals surface area contributed by atoms with Gasteiger partial charge in [0.2, 0.25) is 5.95 Å². The highest BCUT2D eigenvalue weighted by molar-refractivity contribution is 7.18. The Morgan fingerprint density at radius 1 is 0.900 bits per heavy atom. The summed E-state index contributed by atoms with van der Waals surface area (Å²) in [6, 6.07) is 14.6. The Balaban J connectivity index is 1.44. The summed E-state index contributed by atoms with van der Waals surface area (Å²) in [6.07, 6.45) is 5.38. The molecule has 0 bridgehead atoms. The van der Waals surface area contributed by atoms with Crippen LogP contribution in [0.15, 0.2) is 54.9 Å². The molecule has 0 radical (unpaired) electrons. The van der Waals surface area contributed by atoms with Crippen molar-refractivity contribution in [1.82, 2.24) is 19.9 Å². The maximum atomic E-state index is 5.04. The number of aryl methyl sites for hydroxylation is 1. The van der Waals surface area contributed by atoms with Crippen LogP contribution >= 0.6 is 11.3 Å². The monoisotopic (exact) mass is 416 g/mol. The number of aromatic nitrogens is 4. The predicted molar refractivity (Wildman–Crippen MR) is 122 cm³/mol. The number of piperazine rings is 1. The van der Waals surface area contributed by atoms with Crippen molar-refractivity contribution >= 4 is 33.3 Å². The Labute approximate surface area is 180 Å². The summed E-state index contributed by atoms with van der Waals surface area (Å²) < 4.78 is 0. The van der Waals surface area contributed by atoms with E-state index in [1.807, 2.05) is 12.1 Å². The lowest BCUT2D eigenvalue weighted by atomic mass is 10.1. The lowest BCUT2D eigenvalue weighted by molar-refractivity contribution is 0.635. The minimum absolute atomic E-state index is 0.751. The number of hydrogen-bond acceptors (Lipinski definition) is 7. The van der Waals surface area contributed by atoms with E-state index in [0.717, 1.165) is 61.4 Å². The quantitative estimate of drug-likeness (QED) is 0.491. The third-order valence-electron chi connectivity index (χ3n) is 5.44. The summed E-state index contributed by atoms with van der Waals surface area (Å²) in [5.41, 5.74) is 1.24. The molecule has 0 amide bonds. The minimum atomic E-state index is 0.751. The van der Waals surface area contributed by atoms with Gasteiger partial charge in [0.1, 0.15) is 16.5 Å². The van der Waals surface area contributed by atoms with Crippen LogP contribution in [-0.2, 0) is 12.8 Å². The van der Waals surface area contributed by atoms with Crippen molar-refractivity contribution in [2.45, 2.75) is 19.8 Å². The maximum Gasteiger partial charge on any atom is 0.225 e. The molecule has 5 rings (SSSR count). The van der Waals surface area contributed by atoms with Crippen molar-refractivity contribution in [1.29, 1.82) is 0 Å². The molecule has 7 heteroatoms. The second-order valence-corrected chi connectivity index (χ2v) is 8.55. The zero-order valence-corrected chi connectivity index (χ0v) is 17.8. The Hall–Kier alpha value is -3.06. The normalized spacial score (nSPS) is 14.4. The van der Waals surface area contributed by atoms with Crippen molar-refractivity contribution in [2.75, 3.05) is 36.0 Å². The Morgan fingerprint density at radius 2 is 1.63 bits per heavy atom. The molecule has 1 aliphatic heterocycles. The molecule has 0 unspecified atom stereocenters. The van der Waals surface area contributed by atoms with Crippen LogP contribution in [0.3, 0.4) is 0 Å². The average molecular weight is 417 g/mol. The highest BCUT2D eigenvalue weighted by Gasteiger charge is 2.23. The van der Waals surface area contributed by atoms with Gasteiger partial charge >= 0.3 is 0 Å². The van der Waals surface area contributed by atoms with Gasteiger partial charge in [-0.15, -0.1) is 11.3 Å². The molecule has 152 valence electrons. The highest BCUT2D eigenvalue weighted by Crippen LogP contribution is 2.32. The number of nitrogens with zero attached hydrogens (tertiary/aromatic N) is 6. The van der Waals surface area contributed by atoms with E-state index in [2.05, 4.69) is 57.0 Å². The zero-order valence-electron chi connectivity index (χ0n) is 17.0. The minimum Gasteiger partial charge on any atom is -0.352 e. The number of rotatable bonds is 5. The van der Waals surface area contributed by atoms with Crippen LogP contribution in [0.5, 0.6) is 0 Å².